The lowest BCUT2D eigenvalue weighted by Crippen LogP contribution is -2.74. The summed E-state index contributed by atoms with van der Waals surface area (Å²) in [5.74, 6) is -10.8. The summed E-state index contributed by atoms with van der Waals surface area (Å²) in [6, 6.07) is 0.506. The zero-order valence-electron chi connectivity index (χ0n) is 25.8. The predicted octanol–water partition coefficient (Wildman–Crippen LogP) is 0.764. The van der Waals surface area contributed by atoms with E-state index in [0.717, 1.165) is 5.56 Å². The third-order valence-corrected chi connectivity index (χ3v) is 9.28. The van der Waals surface area contributed by atoms with Crippen molar-refractivity contribution >= 4 is 46.4 Å². The van der Waals surface area contributed by atoms with Crippen LogP contribution in [0.1, 0.15) is 48.7 Å². The van der Waals surface area contributed by atoms with Gasteiger partial charge in [0, 0.05) is 38.1 Å². The number of aromatic hydroxyl groups is 1. The van der Waals surface area contributed by atoms with Crippen LogP contribution in [0.3, 0.4) is 0 Å². The maximum atomic E-state index is 14.2. The van der Waals surface area contributed by atoms with Crippen LogP contribution in [0.4, 0.5) is 17.3 Å². The van der Waals surface area contributed by atoms with Crippen molar-refractivity contribution < 1.29 is 34.2 Å². The number of anilines is 3. The normalized spacial score (nSPS) is 28.3. The molecule has 1 amide bonds. The van der Waals surface area contributed by atoms with Crippen molar-refractivity contribution in [2.24, 2.45) is 29.4 Å². The number of ketones is 4. The Balaban J connectivity index is 1.60. The number of Topliss-reactive ketones (excluding diaryl/α,β-unsaturated/α-hetero) is 4. The Morgan fingerprint density at radius 2 is 1.68 bits per heavy atom. The summed E-state index contributed by atoms with van der Waals surface area (Å²) in [4.78, 5) is 79.2. The Morgan fingerprint density at radius 1 is 1.07 bits per heavy atom. The number of nitrogens with one attached hydrogen (secondary N) is 1. The Kier molecular flexibility index (Phi) is 7.41. The van der Waals surface area contributed by atoms with Crippen molar-refractivity contribution in [3.05, 3.63) is 35.2 Å². The largest absolute Gasteiger partial charge is 0.505 e. The van der Waals surface area contributed by atoms with Crippen molar-refractivity contribution in [3.8, 4) is 5.75 Å². The molecule has 0 aliphatic heterocycles. The number of rotatable bonds is 5. The second-order valence-electron chi connectivity index (χ2n) is 13.5. The van der Waals surface area contributed by atoms with Crippen LogP contribution in [-0.4, -0.2) is 94.0 Å². The summed E-state index contributed by atoms with van der Waals surface area (Å²) < 4.78 is 0. The molecule has 3 aliphatic rings. The number of carbonyl (C=O) groups excluding carboxylic acids is 5. The summed E-state index contributed by atoms with van der Waals surface area (Å²) in [5.41, 5.74) is 4.43. The first kappa shape index (κ1) is 31.2. The van der Waals surface area contributed by atoms with Crippen LogP contribution in [0.15, 0.2) is 18.5 Å². The first-order valence-electron chi connectivity index (χ1n) is 14.4. The molecule has 1 aromatic carbocycles. The molecule has 5 rings (SSSR count). The van der Waals surface area contributed by atoms with Gasteiger partial charge < -0.3 is 26.2 Å². The van der Waals surface area contributed by atoms with Gasteiger partial charge in [-0.3, -0.25) is 28.9 Å². The minimum absolute atomic E-state index is 0.0223. The highest BCUT2D eigenvalue weighted by atomic mass is 16.3. The van der Waals surface area contributed by atoms with Crippen LogP contribution in [-0.2, 0) is 31.0 Å². The summed E-state index contributed by atoms with van der Waals surface area (Å²) >= 11 is 0. The van der Waals surface area contributed by atoms with E-state index >= 15 is 0 Å². The number of aromatic nitrogens is 2. The zero-order chi connectivity index (χ0) is 32.6. The third-order valence-electron chi connectivity index (χ3n) is 9.28. The van der Waals surface area contributed by atoms with Crippen molar-refractivity contribution in [3.63, 3.8) is 0 Å². The SMILES string of the molecule is CN(C)c1cc(Nc2ncc(C(C)(C)C)cn2)c(O)c2c1CC1CC3[C@H](N(C)C)C(=O)C(C(N)=O)C(=O)[C@@]3(O)C(=O)C1C2=O. The highest BCUT2D eigenvalue weighted by Gasteiger charge is 2.69. The smallest absolute Gasteiger partial charge is 0.235 e. The second kappa shape index (κ2) is 10.4. The first-order chi connectivity index (χ1) is 20.4. The third kappa shape index (κ3) is 4.56. The van der Waals surface area contributed by atoms with Gasteiger partial charge in [-0.05, 0) is 55.5 Å². The fraction of sp³-hybridized carbons (Fsp3) is 0.516. The molecular formula is C31H38N6O7. The molecule has 4 unspecified atom stereocenters. The van der Waals surface area contributed by atoms with Crippen LogP contribution in [0.5, 0.6) is 5.75 Å². The number of fused-ring (bicyclic) bond motifs is 3. The van der Waals surface area contributed by atoms with Gasteiger partial charge in [-0.2, -0.15) is 0 Å². The molecule has 0 bridgehead atoms. The van der Waals surface area contributed by atoms with E-state index in [2.05, 4.69) is 15.3 Å². The number of phenols is 1. The molecule has 3 aliphatic carbocycles. The Bertz CT molecular complexity index is 1600. The van der Waals surface area contributed by atoms with Crippen molar-refractivity contribution in [2.75, 3.05) is 38.4 Å². The number of nitrogens with two attached hydrogens (primary N) is 1. The highest BCUT2D eigenvalue weighted by Crippen LogP contribution is 2.53. The van der Waals surface area contributed by atoms with Crippen LogP contribution < -0.4 is 16.0 Å². The predicted molar refractivity (Wildman–Crippen MR) is 160 cm³/mol. The van der Waals surface area contributed by atoms with E-state index in [1.165, 1.54) is 4.90 Å². The van der Waals surface area contributed by atoms with Gasteiger partial charge in [-0.15, -0.1) is 0 Å². The van der Waals surface area contributed by atoms with E-state index in [0.29, 0.717) is 11.3 Å². The Hall–Kier alpha value is -4.23. The zero-order valence-corrected chi connectivity index (χ0v) is 25.8. The molecule has 5 N–H and O–H groups in total. The molecule has 2 aromatic rings. The molecule has 1 heterocycles. The number of hydrogen-bond donors (Lipinski definition) is 4. The van der Waals surface area contributed by atoms with Gasteiger partial charge in [-0.25, -0.2) is 9.97 Å². The van der Waals surface area contributed by atoms with Gasteiger partial charge in [0.25, 0.3) is 0 Å². The van der Waals surface area contributed by atoms with E-state index in [-0.39, 0.29) is 35.5 Å². The van der Waals surface area contributed by atoms with Crippen LogP contribution in [0.25, 0.3) is 0 Å². The summed E-state index contributed by atoms with van der Waals surface area (Å²) in [5, 5.41) is 26.2. The van der Waals surface area contributed by atoms with Gasteiger partial charge in [0.15, 0.2) is 34.7 Å². The molecule has 1 aromatic heterocycles. The number of benzene rings is 1. The summed E-state index contributed by atoms with van der Waals surface area (Å²) in [6.45, 7) is 6.07. The molecule has 13 heteroatoms. The molecular weight excluding hydrogens is 568 g/mol. The number of likely N-dealkylation sites (N-methyl/N-ethyl adjacent to an activating group) is 1. The maximum absolute atomic E-state index is 14.2. The number of primary amides is 1. The lowest BCUT2D eigenvalue weighted by Gasteiger charge is -2.52. The first-order valence-corrected chi connectivity index (χ1v) is 14.4. The van der Waals surface area contributed by atoms with Crippen molar-refractivity contribution in [1.29, 1.82) is 0 Å². The average Bonchev–Trinajstić information content (AvgIpc) is 2.91. The topological polar surface area (TPSA) is 196 Å². The van der Waals surface area contributed by atoms with Gasteiger partial charge in [-0.1, -0.05) is 20.8 Å². The molecule has 0 saturated heterocycles. The average molecular weight is 607 g/mol. The minimum Gasteiger partial charge on any atom is -0.505 e. The van der Waals surface area contributed by atoms with Crippen LogP contribution in [0, 0.1) is 23.7 Å². The molecule has 6 atom stereocenters. The van der Waals surface area contributed by atoms with Crippen molar-refractivity contribution in [1.82, 2.24) is 14.9 Å². The van der Waals surface area contributed by atoms with Gasteiger partial charge in [0.1, 0.15) is 5.75 Å². The number of hydrogen-bond acceptors (Lipinski definition) is 12. The fourth-order valence-corrected chi connectivity index (χ4v) is 7.05. The quantitative estimate of drug-likeness (QED) is 0.276. The van der Waals surface area contributed by atoms with E-state index < -0.39 is 70.1 Å². The lowest BCUT2D eigenvalue weighted by molar-refractivity contribution is -0.181. The number of phenolic OH excluding ortho intramolecular Hbond substituents is 1. The summed E-state index contributed by atoms with van der Waals surface area (Å²) in [7, 11) is 6.64. The van der Waals surface area contributed by atoms with Crippen LogP contribution >= 0.6 is 0 Å². The van der Waals surface area contributed by atoms with E-state index in [9.17, 15) is 34.2 Å². The number of nitrogens with zero attached hydrogens (tertiary/aromatic N) is 4. The number of amides is 1. The van der Waals surface area contributed by atoms with E-state index in [1.54, 1.807) is 51.6 Å². The van der Waals surface area contributed by atoms with E-state index in [4.69, 9.17) is 5.73 Å². The Labute approximate surface area is 254 Å². The molecule has 2 fully saturated rings. The minimum atomic E-state index is -2.78. The number of aliphatic hydroxyl groups is 1. The molecule has 44 heavy (non-hydrogen) atoms. The van der Waals surface area contributed by atoms with E-state index in [1.807, 2.05) is 20.8 Å². The molecule has 0 radical (unpaired) electrons. The highest BCUT2D eigenvalue weighted by molar-refractivity contribution is 6.32. The number of carbonyl (C=O) groups is 5. The fourth-order valence-electron chi connectivity index (χ4n) is 7.05. The molecule has 0 spiro atoms. The van der Waals surface area contributed by atoms with Crippen LogP contribution in [0.2, 0.25) is 0 Å². The monoisotopic (exact) mass is 606 g/mol. The molecule has 234 valence electrons. The van der Waals surface area contributed by atoms with Crippen molar-refractivity contribution in [2.45, 2.75) is 50.7 Å². The van der Waals surface area contributed by atoms with Gasteiger partial charge >= 0.3 is 0 Å². The summed E-state index contributed by atoms with van der Waals surface area (Å²) in [6.07, 6.45) is 3.46. The van der Waals surface area contributed by atoms with Gasteiger partial charge in [0.05, 0.1) is 23.2 Å². The molecule has 2 saturated carbocycles. The lowest BCUT2D eigenvalue weighted by atomic mass is 9.52. The van der Waals surface area contributed by atoms with Gasteiger partial charge in [0.2, 0.25) is 11.9 Å². The standard InChI is InChI=1S/C31H38N6O7/c1-30(2,3)14-11-33-29(34-12-14)35-17-10-18(36(4)5)15-8-13-9-16-22(37(6)7)25(40)21(28(32)43)27(42)31(16,44)26(41)19(13)24(39)20(15)23(17)38/h10-13,16,19,21-22,38,44H,8-9H2,1-7H3,(H2,32,43)(H,33,34,35)/t13?,16?,19?,21?,22-,31-/m0/s1. The molecule has 13 nitrogen and oxygen atoms in total. The maximum Gasteiger partial charge on any atom is 0.235 e. The second-order valence-corrected chi connectivity index (χ2v) is 13.5. The Morgan fingerprint density at radius 3 is 2.20 bits per heavy atom.